The number of aliphatic carboxylic acids is 1. The zero-order valence-electron chi connectivity index (χ0n) is 12.6. The van der Waals surface area contributed by atoms with Crippen molar-refractivity contribution in [2.45, 2.75) is 45.6 Å². The van der Waals surface area contributed by atoms with E-state index in [-0.39, 0.29) is 18.0 Å². The highest BCUT2D eigenvalue weighted by Crippen LogP contribution is 2.09. The van der Waals surface area contributed by atoms with Gasteiger partial charge in [-0.15, -0.1) is 0 Å². The van der Waals surface area contributed by atoms with Crippen LogP contribution in [0.5, 0.6) is 0 Å². The van der Waals surface area contributed by atoms with Crippen LogP contribution in [0.25, 0.3) is 0 Å². The third-order valence-corrected chi connectivity index (χ3v) is 3.31. The Morgan fingerprint density at radius 1 is 1.38 bits per heavy atom. The number of hydrogen-bond donors (Lipinski definition) is 4. The number of nitrogens with zero attached hydrogens (tertiary/aromatic N) is 1. The Morgan fingerprint density at radius 2 is 2.14 bits per heavy atom. The van der Waals surface area contributed by atoms with Crippen molar-refractivity contribution in [3.63, 3.8) is 0 Å². The molecule has 2 amide bonds. The standard InChI is InChI=1S/C14H24N4O3/c1-10(13(19)20)4-3-5-11(2)18-14(21)16-7-6-12-8-15-9-17-12/h8-11H,3-7H2,1-2H3,(H,15,17)(H,19,20)(H2,16,18,21). The molecule has 2 atom stereocenters. The lowest BCUT2D eigenvalue weighted by molar-refractivity contribution is -0.141. The van der Waals surface area contributed by atoms with E-state index in [9.17, 15) is 9.59 Å². The first-order valence-electron chi connectivity index (χ1n) is 7.23. The largest absolute Gasteiger partial charge is 0.481 e. The molecule has 1 heterocycles. The van der Waals surface area contributed by atoms with Gasteiger partial charge in [-0.05, 0) is 19.8 Å². The second-order valence-corrected chi connectivity index (χ2v) is 5.30. The smallest absolute Gasteiger partial charge is 0.315 e. The zero-order valence-corrected chi connectivity index (χ0v) is 12.6. The summed E-state index contributed by atoms with van der Waals surface area (Å²) in [6.45, 7) is 4.15. The first-order valence-corrected chi connectivity index (χ1v) is 7.23. The number of carboxylic acid groups (broad SMARTS) is 1. The molecule has 0 aliphatic heterocycles. The van der Waals surface area contributed by atoms with Crippen LogP contribution in [0.3, 0.4) is 0 Å². The van der Waals surface area contributed by atoms with Gasteiger partial charge in [0.1, 0.15) is 0 Å². The van der Waals surface area contributed by atoms with Crippen LogP contribution >= 0.6 is 0 Å². The fraction of sp³-hybridized carbons (Fsp3) is 0.643. The van der Waals surface area contributed by atoms with Gasteiger partial charge in [0.2, 0.25) is 0 Å². The van der Waals surface area contributed by atoms with E-state index in [1.165, 1.54) is 0 Å². The van der Waals surface area contributed by atoms with Gasteiger partial charge < -0.3 is 20.7 Å². The summed E-state index contributed by atoms with van der Waals surface area (Å²) >= 11 is 0. The lowest BCUT2D eigenvalue weighted by atomic mass is 10.0. The van der Waals surface area contributed by atoms with Crippen LogP contribution in [-0.4, -0.2) is 39.7 Å². The molecule has 4 N–H and O–H groups in total. The monoisotopic (exact) mass is 296 g/mol. The number of rotatable bonds is 9. The molecule has 0 saturated carbocycles. The van der Waals surface area contributed by atoms with E-state index < -0.39 is 5.97 Å². The van der Waals surface area contributed by atoms with E-state index in [1.54, 1.807) is 19.4 Å². The number of urea groups is 1. The Bertz CT molecular complexity index is 433. The van der Waals surface area contributed by atoms with Crippen molar-refractivity contribution < 1.29 is 14.7 Å². The third-order valence-electron chi connectivity index (χ3n) is 3.31. The van der Waals surface area contributed by atoms with E-state index in [0.717, 1.165) is 18.5 Å². The second-order valence-electron chi connectivity index (χ2n) is 5.30. The molecule has 1 aromatic heterocycles. The molecule has 0 aliphatic rings. The molecule has 0 bridgehead atoms. The molecule has 0 radical (unpaired) electrons. The summed E-state index contributed by atoms with van der Waals surface area (Å²) in [6.07, 6.45) is 6.22. The van der Waals surface area contributed by atoms with E-state index >= 15 is 0 Å². The van der Waals surface area contributed by atoms with Gasteiger partial charge in [-0.1, -0.05) is 13.3 Å². The highest BCUT2D eigenvalue weighted by molar-refractivity contribution is 5.74. The predicted octanol–water partition coefficient (Wildman–Crippen LogP) is 1.53. The van der Waals surface area contributed by atoms with Crippen molar-refractivity contribution in [3.05, 3.63) is 18.2 Å². The predicted molar refractivity (Wildman–Crippen MR) is 78.9 cm³/mol. The maximum Gasteiger partial charge on any atom is 0.315 e. The Balaban J connectivity index is 2.08. The number of H-pyrrole nitrogens is 1. The summed E-state index contributed by atoms with van der Waals surface area (Å²) in [6, 6.07) is -0.175. The number of carbonyl (C=O) groups is 2. The summed E-state index contributed by atoms with van der Waals surface area (Å²) in [4.78, 5) is 29.2. The van der Waals surface area contributed by atoms with Gasteiger partial charge in [0, 0.05) is 30.9 Å². The number of amides is 2. The number of aromatic nitrogens is 2. The molecule has 7 nitrogen and oxygen atoms in total. The van der Waals surface area contributed by atoms with Crippen LogP contribution in [0.15, 0.2) is 12.5 Å². The lowest BCUT2D eigenvalue weighted by Gasteiger charge is -2.15. The van der Waals surface area contributed by atoms with Crippen molar-refractivity contribution in [3.8, 4) is 0 Å². The quantitative estimate of drug-likeness (QED) is 0.554. The first kappa shape index (κ1) is 17.0. The molecule has 1 rings (SSSR count). The van der Waals surface area contributed by atoms with E-state index in [1.807, 2.05) is 6.92 Å². The van der Waals surface area contributed by atoms with Crippen molar-refractivity contribution in [2.24, 2.45) is 5.92 Å². The van der Waals surface area contributed by atoms with Gasteiger partial charge in [-0.2, -0.15) is 0 Å². The SMILES string of the molecule is CC(CCCC(C)C(=O)O)NC(=O)NCCc1cnc[nH]1. The molecular formula is C14H24N4O3. The molecule has 0 aliphatic carbocycles. The number of carboxylic acids is 1. The highest BCUT2D eigenvalue weighted by atomic mass is 16.4. The van der Waals surface area contributed by atoms with E-state index in [0.29, 0.717) is 19.4 Å². The van der Waals surface area contributed by atoms with Crippen molar-refractivity contribution in [2.75, 3.05) is 6.54 Å². The van der Waals surface area contributed by atoms with Crippen molar-refractivity contribution >= 4 is 12.0 Å². The molecule has 0 fully saturated rings. The maximum atomic E-state index is 11.6. The summed E-state index contributed by atoms with van der Waals surface area (Å²) < 4.78 is 0. The Hall–Kier alpha value is -2.05. The molecule has 0 spiro atoms. The minimum absolute atomic E-state index is 0.0261. The van der Waals surface area contributed by atoms with Gasteiger partial charge in [0.05, 0.1) is 12.2 Å². The minimum atomic E-state index is -0.771. The van der Waals surface area contributed by atoms with Crippen LogP contribution in [0, 0.1) is 5.92 Å². The molecule has 118 valence electrons. The van der Waals surface area contributed by atoms with Gasteiger partial charge in [0.25, 0.3) is 0 Å². The van der Waals surface area contributed by atoms with Gasteiger partial charge in [-0.25, -0.2) is 9.78 Å². The van der Waals surface area contributed by atoms with Gasteiger partial charge >= 0.3 is 12.0 Å². The fourth-order valence-electron chi connectivity index (χ4n) is 1.93. The topological polar surface area (TPSA) is 107 Å². The molecular weight excluding hydrogens is 272 g/mol. The van der Waals surface area contributed by atoms with Crippen LogP contribution in [-0.2, 0) is 11.2 Å². The number of hydrogen-bond acceptors (Lipinski definition) is 3. The Morgan fingerprint density at radius 3 is 2.76 bits per heavy atom. The summed E-state index contributed by atoms with van der Waals surface area (Å²) in [5, 5.41) is 14.4. The molecule has 1 aromatic rings. The average Bonchev–Trinajstić information content (AvgIpc) is 2.91. The third kappa shape index (κ3) is 7.34. The number of carbonyl (C=O) groups excluding carboxylic acids is 1. The Kier molecular flexibility index (Phi) is 7.28. The van der Waals surface area contributed by atoms with Crippen molar-refractivity contribution in [1.29, 1.82) is 0 Å². The average molecular weight is 296 g/mol. The molecule has 21 heavy (non-hydrogen) atoms. The van der Waals surface area contributed by atoms with Crippen LogP contribution < -0.4 is 10.6 Å². The van der Waals surface area contributed by atoms with Gasteiger partial charge in [0.15, 0.2) is 0 Å². The van der Waals surface area contributed by atoms with Crippen LogP contribution in [0.1, 0.15) is 38.8 Å². The van der Waals surface area contributed by atoms with E-state index in [4.69, 9.17) is 5.11 Å². The maximum absolute atomic E-state index is 11.6. The Labute approximate surface area is 124 Å². The summed E-state index contributed by atoms with van der Waals surface area (Å²) in [5.41, 5.74) is 0.978. The molecule has 0 aromatic carbocycles. The number of aromatic amines is 1. The number of nitrogens with one attached hydrogen (secondary N) is 3. The molecule has 7 heteroatoms. The first-order chi connectivity index (χ1) is 9.99. The van der Waals surface area contributed by atoms with Crippen LogP contribution in [0.2, 0.25) is 0 Å². The molecule has 0 saturated heterocycles. The van der Waals surface area contributed by atoms with Crippen molar-refractivity contribution in [1.82, 2.24) is 20.6 Å². The van der Waals surface area contributed by atoms with Crippen LogP contribution in [0.4, 0.5) is 4.79 Å². The highest BCUT2D eigenvalue weighted by Gasteiger charge is 2.12. The lowest BCUT2D eigenvalue weighted by Crippen LogP contribution is -2.41. The number of imidazole rings is 1. The second kappa shape index (κ2) is 8.99. The van der Waals surface area contributed by atoms with Gasteiger partial charge in [-0.3, -0.25) is 4.79 Å². The summed E-state index contributed by atoms with van der Waals surface area (Å²) in [5.74, 6) is -1.10. The summed E-state index contributed by atoms with van der Waals surface area (Å²) in [7, 11) is 0. The minimum Gasteiger partial charge on any atom is -0.481 e. The zero-order chi connectivity index (χ0) is 15.7. The van der Waals surface area contributed by atoms with E-state index in [2.05, 4.69) is 20.6 Å². The normalized spacial score (nSPS) is 13.4. The molecule has 2 unspecified atom stereocenters. The fourth-order valence-corrected chi connectivity index (χ4v) is 1.93.